The Kier molecular flexibility index (Phi) is 6.34. The minimum absolute atomic E-state index is 0.554. The Balaban J connectivity index is 2.26. The summed E-state index contributed by atoms with van der Waals surface area (Å²) in [5.41, 5.74) is 0. The van der Waals surface area contributed by atoms with E-state index in [1.54, 1.807) is 11.8 Å². The van der Waals surface area contributed by atoms with Crippen LogP contribution < -0.4 is 10.1 Å². The van der Waals surface area contributed by atoms with Crippen molar-refractivity contribution in [1.29, 1.82) is 0 Å². The maximum atomic E-state index is 5.75. The minimum atomic E-state index is 0.554. The van der Waals surface area contributed by atoms with Crippen LogP contribution in [0.4, 0.5) is 0 Å². The molecule has 90 valence electrons. The van der Waals surface area contributed by atoms with Crippen molar-refractivity contribution in [3.05, 3.63) is 24.3 Å². The third kappa shape index (κ3) is 4.90. The zero-order valence-corrected chi connectivity index (χ0v) is 11.1. The van der Waals surface area contributed by atoms with Crippen molar-refractivity contribution in [1.82, 2.24) is 5.32 Å². The standard InChI is InChI=1S/C13H21NOS/c1-11(2)14-9-6-10-15-12-7-4-5-8-13(12)16-3/h4-5,7-8,11,14H,6,9-10H2,1-3H3. The molecule has 0 unspecified atom stereocenters. The molecule has 1 N–H and O–H groups in total. The lowest BCUT2D eigenvalue weighted by Crippen LogP contribution is -2.24. The fourth-order valence-corrected chi connectivity index (χ4v) is 1.93. The van der Waals surface area contributed by atoms with Gasteiger partial charge >= 0.3 is 0 Å². The summed E-state index contributed by atoms with van der Waals surface area (Å²) in [6.45, 7) is 6.10. The molecule has 0 atom stereocenters. The van der Waals surface area contributed by atoms with Gasteiger partial charge in [0.15, 0.2) is 0 Å². The van der Waals surface area contributed by atoms with Gasteiger partial charge in [0.05, 0.1) is 6.61 Å². The summed E-state index contributed by atoms with van der Waals surface area (Å²) >= 11 is 1.72. The number of benzene rings is 1. The van der Waals surface area contributed by atoms with E-state index in [0.29, 0.717) is 6.04 Å². The van der Waals surface area contributed by atoms with Crippen molar-refractivity contribution in [2.45, 2.75) is 31.2 Å². The van der Waals surface area contributed by atoms with Gasteiger partial charge in [0, 0.05) is 10.9 Å². The topological polar surface area (TPSA) is 21.3 Å². The third-order valence-corrected chi connectivity index (χ3v) is 2.98. The SMILES string of the molecule is CSc1ccccc1OCCCNC(C)C. The molecule has 0 aliphatic carbocycles. The second-order valence-electron chi connectivity index (χ2n) is 3.96. The van der Waals surface area contributed by atoms with Crippen molar-refractivity contribution in [3.8, 4) is 5.75 Å². The molecule has 0 amide bonds. The Labute approximate surface area is 103 Å². The highest BCUT2D eigenvalue weighted by molar-refractivity contribution is 7.98. The van der Waals surface area contributed by atoms with Crippen LogP contribution in [0.2, 0.25) is 0 Å². The van der Waals surface area contributed by atoms with E-state index >= 15 is 0 Å². The molecule has 0 aliphatic heterocycles. The van der Waals surface area contributed by atoms with E-state index in [-0.39, 0.29) is 0 Å². The quantitative estimate of drug-likeness (QED) is 0.583. The maximum absolute atomic E-state index is 5.75. The predicted octanol–water partition coefficient (Wildman–Crippen LogP) is 3.18. The lowest BCUT2D eigenvalue weighted by Gasteiger charge is -2.11. The van der Waals surface area contributed by atoms with Gasteiger partial charge < -0.3 is 10.1 Å². The summed E-state index contributed by atoms with van der Waals surface area (Å²) in [6, 6.07) is 8.73. The molecule has 0 radical (unpaired) electrons. The molecule has 1 aromatic rings. The molecule has 0 spiro atoms. The molecule has 0 aromatic heterocycles. The highest BCUT2D eigenvalue weighted by Crippen LogP contribution is 2.26. The monoisotopic (exact) mass is 239 g/mol. The van der Waals surface area contributed by atoms with Crippen molar-refractivity contribution < 1.29 is 4.74 Å². The maximum Gasteiger partial charge on any atom is 0.132 e. The molecular formula is C13H21NOS. The summed E-state index contributed by atoms with van der Waals surface area (Å²) < 4.78 is 5.75. The molecule has 0 heterocycles. The van der Waals surface area contributed by atoms with Crippen LogP contribution in [0.15, 0.2) is 29.2 Å². The second-order valence-corrected chi connectivity index (χ2v) is 4.81. The first-order chi connectivity index (χ1) is 7.74. The van der Waals surface area contributed by atoms with Gasteiger partial charge in [0.2, 0.25) is 0 Å². The van der Waals surface area contributed by atoms with Gasteiger partial charge in [-0.2, -0.15) is 0 Å². The average Bonchev–Trinajstić information content (AvgIpc) is 2.29. The first-order valence-electron chi connectivity index (χ1n) is 5.73. The Bertz CT molecular complexity index is 302. The van der Waals surface area contributed by atoms with E-state index in [4.69, 9.17) is 4.74 Å². The largest absolute Gasteiger partial charge is 0.492 e. The summed E-state index contributed by atoms with van der Waals surface area (Å²) in [6.07, 6.45) is 3.11. The van der Waals surface area contributed by atoms with E-state index in [0.717, 1.165) is 25.3 Å². The summed E-state index contributed by atoms with van der Waals surface area (Å²) in [4.78, 5) is 1.21. The van der Waals surface area contributed by atoms with Gasteiger partial charge in [-0.25, -0.2) is 0 Å². The van der Waals surface area contributed by atoms with E-state index in [1.165, 1.54) is 4.90 Å². The van der Waals surface area contributed by atoms with E-state index in [9.17, 15) is 0 Å². The fourth-order valence-electron chi connectivity index (χ4n) is 1.38. The van der Waals surface area contributed by atoms with Crippen LogP contribution in [-0.4, -0.2) is 25.4 Å². The number of thioether (sulfide) groups is 1. The number of nitrogens with one attached hydrogen (secondary N) is 1. The lowest BCUT2D eigenvalue weighted by atomic mass is 10.3. The molecule has 0 saturated carbocycles. The van der Waals surface area contributed by atoms with Gasteiger partial charge in [-0.3, -0.25) is 0 Å². The van der Waals surface area contributed by atoms with Crippen LogP contribution >= 0.6 is 11.8 Å². The number of rotatable bonds is 7. The fraction of sp³-hybridized carbons (Fsp3) is 0.538. The molecule has 0 fully saturated rings. The highest BCUT2D eigenvalue weighted by Gasteiger charge is 2.00. The van der Waals surface area contributed by atoms with Gasteiger partial charge in [-0.15, -0.1) is 11.8 Å². The third-order valence-electron chi connectivity index (χ3n) is 2.20. The predicted molar refractivity (Wildman–Crippen MR) is 71.5 cm³/mol. The lowest BCUT2D eigenvalue weighted by molar-refractivity contribution is 0.299. The van der Waals surface area contributed by atoms with E-state index in [2.05, 4.69) is 31.5 Å². The Morgan fingerprint density at radius 1 is 1.31 bits per heavy atom. The number of hydrogen-bond acceptors (Lipinski definition) is 3. The molecule has 2 nitrogen and oxygen atoms in total. The zero-order valence-electron chi connectivity index (χ0n) is 10.3. The molecule has 3 heteroatoms. The van der Waals surface area contributed by atoms with Crippen molar-refractivity contribution >= 4 is 11.8 Å². The van der Waals surface area contributed by atoms with Gasteiger partial charge in [0.1, 0.15) is 5.75 Å². The highest BCUT2D eigenvalue weighted by atomic mass is 32.2. The summed E-state index contributed by atoms with van der Waals surface area (Å²) in [5.74, 6) is 1.000. The zero-order chi connectivity index (χ0) is 11.8. The van der Waals surface area contributed by atoms with Gasteiger partial charge in [0.25, 0.3) is 0 Å². The van der Waals surface area contributed by atoms with Crippen molar-refractivity contribution in [2.24, 2.45) is 0 Å². The van der Waals surface area contributed by atoms with Crippen molar-refractivity contribution in [2.75, 3.05) is 19.4 Å². The van der Waals surface area contributed by atoms with Gasteiger partial charge in [-0.05, 0) is 31.4 Å². The average molecular weight is 239 g/mol. The van der Waals surface area contributed by atoms with Crippen LogP contribution in [0.5, 0.6) is 5.75 Å². The molecule has 0 aliphatic rings. The van der Waals surface area contributed by atoms with E-state index in [1.807, 2.05) is 18.2 Å². The van der Waals surface area contributed by atoms with Gasteiger partial charge in [-0.1, -0.05) is 26.0 Å². The van der Waals surface area contributed by atoms with Crippen LogP contribution in [0.25, 0.3) is 0 Å². The minimum Gasteiger partial charge on any atom is -0.492 e. The van der Waals surface area contributed by atoms with E-state index < -0.39 is 0 Å². The Morgan fingerprint density at radius 2 is 2.06 bits per heavy atom. The van der Waals surface area contributed by atoms with Crippen LogP contribution in [0, 0.1) is 0 Å². The first kappa shape index (κ1) is 13.4. The Morgan fingerprint density at radius 3 is 2.75 bits per heavy atom. The number of ether oxygens (including phenoxy) is 1. The molecule has 1 aromatic carbocycles. The Hall–Kier alpha value is -0.670. The second kappa shape index (κ2) is 7.58. The molecule has 1 rings (SSSR count). The van der Waals surface area contributed by atoms with Crippen LogP contribution in [-0.2, 0) is 0 Å². The molecule has 0 bridgehead atoms. The number of para-hydroxylation sites is 1. The normalized spacial score (nSPS) is 10.8. The van der Waals surface area contributed by atoms with Crippen LogP contribution in [0.3, 0.4) is 0 Å². The van der Waals surface area contributed by atoms with Crippen LogP contribution in [0.1, 0.15) is 20.3 Å². The molecule has 16 heavy (non-hydrogen) atoms. The smallest absolute Gasteiger partial charge is 0.132 e. The molecule has 0 saturated heterocycles. The first-order valence-corrected chi connectivity index (χ1v) is 6.95. The molecular weight excluding hydrogens is 218 g/mol. The number of hydrogen-bond donors (Lipinski definition) is 1. The summed E-state index contributed by atoms with van der Waals surface area (Å²) in [7, 11) is 0. The van der Waals surface area contributed by atoms with Crippen molar-refractivity contribution in [3.63, 3.8) is 0 Å². The summed E-state index contributed by atoms with van der Waals surface area (Å²) in [5, 5.41) is 3.38.